The Morgan fingerprint density at radius 2 is 1.95 bits per heavy atom. The highest BCUT2D eigenvalue weighted by Crippen LogP contribution is 2.26. The van der Waals surface area contributed by atoms with Crippen molar-refractivity contribution in [3.63, 3.8) is 0 Å². The number of hydrogen-bond acceptors (Lipinski definition) is 4. The van der Waals surface area contributed by atoms with Crippen LogP contribution in [-0.2, 0) is 0 Å². The number of H-pyrrole nitrogens is 1. The monoisotopic (exact) mass is 295 g/mol. The van der Waals surface area contributed by atoms with E-state index in [1.807, 2.05) is 24.3 Å². The minimum atomic E-state index is -0.367. The highest BCUT2D eigenvalue weighted by atomic mass is 16.3. The van der Waals surface area contributed by atoms with Crippen LogP contribution in [0, 0.1) is 0 Å². The number of benzene rings is 2. The van der Waals surface area contributed by atoms with Crippen LogP contribution in [0.2, 0.25) is 0 Å². The molecule has 0 saturated carbocycles. The first-order valence-corrected chi connectivity index (χ1v) is 6.57. The number of fused-ring (bicyclic) bond motifs is 1. The summed E-state index contributed by atoms with van der Waals surface area (Å²) < 4.78 is 0. The Balaban J connectivity index is 1.77. The zero-order valence-corrected chi connectivity index (χ0v) is 11.4. The number of hydrazone groups is 1. The third-order valence-corrected chi connectivity index (χ3v) is 3.25. The molecule has 0 aliphatic rings. The van der Waals surface area contributed by atoms with Crippen LogP contribution in [-0.4, -0.2) is 27.3 Å². The summed E-state index contributed by atoms with van der Waals surface area (Å²) in [5.74, 6) is -0.896. The molecule has 3 aromatic rings. The first kappa shape index (κ1) is 13.7. The molecule has 0 fully saturated rings. The lowest BCUT2D eigenvalue weighted by molar-refractivity contribution is 0.0957. The molecular formula is C16H13N3O3. The molecule has 0 saturated heterocycles. The van der Waals surface area contributed by atoms with Gasteiger partial charge in [-0.2, -0.15) is 5.10 Å². The molecule has 0 aliphatic heterocycles. The number of rotatable bonds is 3. The van der Waals surface area contributed by atoms with E-state index in [9.17, 15) is 15.0 Å². The largest absolute Gasteiger partial charge is 0.504 e. The minimum Gasteiger partial charge on any atom is -0.504 e. The molecule has 6 nitrogen and oxygen atoms in total. The molecule has 0 spiro atoms. The summed E-state index contributed by atoms with van der Waals surface area (Å²) in [6.07, 6.45) is 2.88. The number of aromatic amines is 1. The van der Waals surface area contributed by atoms with Gasteiger partial charge in [-0.25, -0.2) is 5.43 Å². The summed E-state index contributed by atoms with van der Waals surface area (Å²) in [4.78, 5) is 15.1. The average molecular weight is 295 g/mol. The zero-order valence-electron chi connectivity index (χ0n) is 11.4. The van der Waals surface area contributed by atoms with Gasteiger partial charge in [-0.1, -0.05) is 24.3 Å². The molecule has 0 unspecified atom stereocenters. The van der Waals surface area contributed by atoms with Gasteiger partial charge in [0.1, 0.15) is 0 Å². The van der Waals surface area contributed by atoms with Gasteiger partial charge in [-0.15, -0.1) is 0 Å². The van der Waals surface area contributed by atoms with Crippen LogP contribution >= 0.6 is 0 Å². The van der Waals surface area contributed by atoms with E-state index >= 15 is 0 Å². The van der Waals surface area contributed by atoms with Crippen molar-refractivity contribution in [3.05, 3.63) is 59.8 Å². The summed E-state index contributed by atoms with van der Waals surface area (Å²) in [5, 5.41) is 23.6. The van der Waals surface area contributed by atoms with E-state index in [1.54, 1.807) is 18.3 Å². The average Bonchev–Trinajstić information content (AvgIpc) is 2.95. The quantitative estimate of drug-likeness (QED) is 0.339. The van der Waals surface area contributed by atoms with Gasteiger partial charge in [0.2, 0.25) is 0 Å². The van der Waals surface area contributed by atoms with Crippen LogP contribution in [0.25, 0.3) is 10.9 Å². The molecule has 4 N–H and O–H groups in total. The first-order chi connectivity index (χ1) is 10.7. The third kappa shape index (κ3) is 2.49. The zero-order chi connectivity index (χ0) is 15.5. The number of phenols is 2. The van der Waals surface area contributed by atoms with Gasteiger partial charge in [0, 0.05) is 22.7 Å². The van der Waals surface area contributed by atoms with E-state index in [-0.39, 0.29) is 17.4 Å². The van der Waals surface area contributed by atoms with Gasteiger partial charge in [-0.3, -0.25) is 4.79 Å². The fourth-order valence-electron chi connectivity index (χ4n) is 2.13. The molecule has 6 heteroatoms. The lowest BCUT2D eigenvalue weighted by atomic mass is 10.2. The van der Waals surface area contributed by atoms with Crippen LogP contribution < -0.4 is 5.43 Å². The second-order valence-electron chi connectivity index (χ2n) is 4.66. The molecule has 110 valence electrons. The van der Waals surface area contributed by atoms with E-state index in [4.69, 9.17) is 0 Å². The highest BCUT2D eigenvalue weighted by molar-refractivity contribution is 6.06. The Morgan fingerprint density at radius 3 is 2.82 bits per heavy atom. The van der Waals surface area contributed by atoms with Crippen molar-refractivity contribution >= 4 is 23.0 Å². The van der Waals surface area contributed by atoms with Gasteiger partial charge in [-0.05, 0) is 18.2 Å². The molecular weight excluding hydrogens is 282 g/mol. The number of carbonyl (C=O) groups is 1. The summed E-state index contributed by atoms with van der Waals surface area (Å²) in [7, 11) is 0. The van der Waals surface area contributed by atoms with Crippen molar-refractivity contribution in [2.24, 2.45) is 5.10 Å². The third-order valence-electron chi connectivity index (χ3n) is 3.25. The number of aromatic nitrogens is 1. The lowest BCUT2D eigenvalue weighted by Crippen LogP contribution is -2.17. The van der Waals surface area contributed by atoms with Crippen molar-refractivity contribution in [1.82, 2.24) is 10.4 Å². The van der Waals surface area contributed by atoms with Crippen LogP contribution in [0.3, 0.4) is 0 Å². The molecule has 1 heterocycles. The van der Waals surface area contributed by atoms with E-state index in [0.29, 0.717) is 11.1 Å². The molecule has 1 aromatic heterocycles. The maximum atomic E-state index is 12.1. The standard InChI is InChI=1S/C16H13N3O3/c20-14-7-3-4-10(15(14)21)8-18-19-16(22)12-9-17-13-6-2-1-5-11(12)13/h1-9,17,20-21H,(H,19,22)/b18-8-. The molecule has 0 radical (unpaired) electrons. The second-order valence-corrected chi connectivity index (χ2v) is 4.66. The Bertz CT molecular complexity index is 868. The van der Waals surface area contributed by atoms with Gasteiger partial charge in [0.05, 0.1) is 11.8 Å². The molecule has 2 aromatic carbocycles. The molecule has 1 amide bonds. The normalized spacial score (nSPS) is 11.1. The van der Waals surface area contributed by atoms with Crippen molar-refractivity contribution in [2.75, 3.05) is 0 Å². The number of para-hydroxylation sites is 2. The van der Waals surface area contributed by atoms with Crippen molar-refractivity contribution in [2.45, 2.75) is 0 Å². The van der Waals surface area contributed by atoms with Crippen LogP contribution in [0.1, 0.15) is 15.9 Å². The first-order valence-electron chi connectivity index (χ1n) is 6.57. The van der Waals surface area contributed by atoms with E-state index in [0.717, 1.165) is 10.9 Å². The SMILES string of the molecule is O=C(N/N=C\c1cccc(O)c1O)c1c[nH]c2ccccc12. The summed E-state index contributed by atoms with van der Waals surface area (Å²) in [5.41, 5.74) is 4.04. The summed E-state index contributed by atoms with van der Waals surface area (Å²) in [6, 6.07) is 11.9. The summed E-state index contributed by atoms with van der Waals surface area (Å²) in [6.45, 7) is 0. The topological polar surface area (TPSA) is 97.7 Å². The predicted molar refractivity (Wildman–Crippen MR) is 83.1 cm³/mol. The van der Waals surface area contributed by atoms with E-state index < -0.39 is 0 Å². The van der Waals surface area contributed by atoms with Gasteiger partial charge in [0.15, 0.2) is 11.5 Å². The predicted octanol–water partition coefficient (Wildman–Crippen LogP) is 2.34. The smallest absolute Gasteiger partial charge is 0.273 e. The van der Waals surface area contributed by atoms with Gasteiger partial charge in [0.25, 0.3) is 5.91 Å². The number of nitrogens with zero attached hydrogens (tertiary/aromatic N) is 1. The Kier molecular flexibility index (Phi) is 3.49. The lowest BCUT2D eigenvalue weighted by Gasteiger charge is -2.01. The van der Waals surface area contributed by atoms with Crippen molar-refractivity contribution in [1.29, 1.82) is 0 Å². The Hall–Kier alpha value is -3.28. The van der Waals surface area contributed by atoms with E-state index in [2.05, 4.69) is 15.5 Å². The van der Waals surface area contributed by atoms with Gasteiger partial charge >= 0.3 is 0 Å². The van der Waals surface area contributed by atoms with Crippen LogP contribution in [0.15, 0.2) is 53.8 Å². The van der Waals surface area contributed by atoms with Crippen molar-refractivity contribution in [3.8, 4) is 11.5 Å². The summed E-state index contributed by atoms with van der Waals surface area (Å²) >= 11 is 0. The molecule has 0 aliphatic carbocycles. The molecule has 0 bridgehead atoms. The highest BCUT2D eigenvalue weighted by Gasteiger charge is 2.10. The number of nitrogens with one attached hydrogen (secondary N) is 2. The number of hydrogen-bond donors (Lipinski definition) is 4. The molecule has 22 heavy (non-hydrogen) atoms. The Labute approximate surface area is 125 Å². The van der Waals surface area contributed by atoms with Crippen LogP contribution in [0.4, 0.5) is 0 Å². The van der Waals surface area contributed by atoms with Gasteiger partial charge < -0.3 is 15.2 Å². The van der Waals surface area contributed by atoms with E-state index in [1.165, 1.54) is 12.3 Å². The van der Waals surface area contributed by atoms with Crippen molar-refractivity contribution < 1.29 is 15.0 Å². The molecule has 3 rings (SSSR count). The number of phenolic OH excluding ortho intramolecular Hbond substituents is 2. The fourth-order valence-corrected chi connectivity index (χ4v) is 2.13. The number of aromatic hydroxyl groups is 2. The Morgan fingerprint density at radius 1 is 1.14 bits per heavy atom. The minimum absolute atomic E-state index is 0.244. The fraction of sp³-hybridized carbons (Fsp3) is 0. The maximum absolute atomic E-state index is 12.1. The maximum Gasteiger partial charge on any atom is 0.273 e. The second kappa shape index (κ2) is 5.61. The number of amides is 1. The number of carbonyl (C=O) groups excluding carboxylic acids is 1. The van der Waals surface area contributed by atoms with Crippen LogP contribution in [0.5, 0.6) is 11.5 Å². The molecule has 0 atom stereocenters.